The van der Waals surface area contributed by atoms with E-state index in [0.29, 0.717) is 12.2 Å². The molecule has 0 aliphatic rings. The molecule has 0 fully saturated rings. The molecule has 2 rings (SSSR count). The van der Waals surface area contributed by atoms with Gasteiger partial charge in [-0.1, -0.05) is 13.0 Å². The summed E-state index contributed by atoms with van der Waals surface area (Å²) in [6, 6.07) is 11.7. The van der Waals surface area contributed by atoms with E-state index in [4.69, 9.17) is 4.74 Å². The van der Waals surface area contributed by atoms with Crippen LogP contribution < -0.4 is 4.74 Å². The standard InChI is InChI=1S/C14H14O2S/c1-2-4-14(15)16-12-8-6-11(7-9-12)13-5-3-10-17-13/h3,5-10H,2,4H2,1H3. The van der Waals surface area contributed by atoms with E-state index < -0.39 is 0 Å². The first kappa shape index (κ1) is 11.9. The molecule has 0 radical (unpaired) electrons. The highest BCUT2D eigenvalue weighted by molar-refractivity contribution is 7.13. The Kier molecular flexibility index (Phi) is 3.94. The van der Waals surface area contributed by atoms with Crippen molar-refractivity contribution in [2.45, 2.75) is 19.8 Å². The van der Waals surface area contributed by atoms with Crippen LogP contribution in [0.15, 0.2) is 41.8 Å². The van der Waals surface area contributed by atoms with Crippen molar-refractivity contribution in [2.24, 2.45) is 0 Å². The van der Waals surface area contributed by atoms with Gasteiger partial charge in [-0.25, -0.2) is 0 Å². The summed E-state index contributed by atoms with van der Waals surface area (Å²) in [6.45, 7) is 1.96. The van der Waals surface area contributed by atoms with E-state index >= 15 is 0 Å². The number of esters is 1. The average Bonchev–Trinajstić information content (AvgIpc) is 2.84. The Morgan fingerprint density at radius 3 is 2.59 bits per heavy atom. The number of hydrogen-bond donors (Lipinski definition) is 0. The van der Waals surface area contributed by atoms with Gasteiger partial charge in [0.1, 0.15) is 5.75 Å². The van der Waals surface area contributed by atoms with Crippen molar-refractivity contribution < 1.29 is 9.53 Å². The lowest BCUT2D eigenvalue weighted by atomic mass is 10.2. The maximum atomic E-state index is 11.3. The minimum Gasteiger partial charge on any atom is -0.427 e. The molecule has 0 bridgehead atoms. The van der Waals surface area contributed by atoms with Gasteiger partial charge < -0.3 is 4.74 Å². The van der Waals surface area contributed by atoms with Crippen molar-refractivity contribution in [2.75, 3.05) is 0 Å². The lowest BCUT2D eigenvalue weighted by Crippen LogP contribution is -2.06. The maximum absolute atomic E-state index is 11.3. The lowest BCUT2D eigenvalue weighted by molar-refractivity contribution is -0.134. The molecule has 2 aromatic rings. The molecule has 0 saturated carbocycles. The average molecular weight is 246 g/mol. The molecular formula is C14H14O2S. The Morgan fingerprint density at radius 1 is 1.24 bits per heavy atom. The Bertz CT molecular complexity index is 471. The van der Waals surface area contributed by atoms with Gasteiger partial charge in [0.2, 0.25) is 0 Å². The third-order valence-electron chi connectivity index (χ3n) is 2.35. The van der Waals surface area contributed by atoms with E-state index in [1.54, 1.807) is 11.3 Å². The molecule has 0 N–H and O–H groups in total. The lowest BCUT2D eigenvalue weighted by Gasteiger charge is -2.04. The van der Waals surface area contributed by atoms with Crippen LogP contribution in [0.1, 0.15) is 19.8 Å². The largest absolute Gasteiger partial charge is 0.427 e. The zero-order valence-electron chi connectivity index (χ0n) is 9.68. The molecule has 0 spiro atoms. The molecule has 0 unspecified atom stereocenters. The van der Waals surface area contributed by atoms with Gasteiger partial charge in [-0.3, -0.25) is 4.79 Å². The summed E-state index contributed by atoms with van der Waals surface area (Å²) in [6.07, 6.45) is 1.28. The first-order chi connectivity index (χ1) is 8.29. The first-order valence-corrected chi connectivity index (χ1v) is 6.52. The zero-order chi connectivity index (χ0) is 12.1. The van der Waals surface area contributed by atoms with Crippen LogP contribution in [0.4, 0.5) is 0 Å². The van der Waals surface area contributed by atoms with Crippen LogP contribution in [-0.4, -0.2) is 5.97 Å². The van der Waals surface area contributed by atoms with Crippen molar-refractivity contribution in [1.29, 1.82) is 0 Å². The first-order valence-electron chi connectivity index (χ1n) is 5.64. The van der Waals surface area contributed by atoms with Gasteiger partial charge in [-0.05, 0) is 47.7 Å². The molecule has 0 saturated heterocycles. The Labute approximate surface area is 105 Å². The summed E-state index contributed by atoms with van der Waals surface area (Å²) < 4.78 is 5.19. The molecule has 0 aliphatic carbocycles. The fourth-order valence-electron chi connectivity index (χ4n) is 1.52. The topological polar surface area (TPSA) is 26.3 Å². The van der Waals surface area contributed by atoms with Gasteiger partial charge in [-0.15, -0.1) is 11.3 Å². The van der Waals surface area contributed by atoms with E-state index in [1.807, 2.05) is 42.6 Å². The number of benzene rings is 1. The SMILES string of the molecule is CCCC(=O)Oc1ccc(-c2cccs2)cc1. The smallest absolute Gasteiger partial charge is 0.311 e. The van der Waals surface area contributed by atoms with Crippen molar-refractivity contribution in [1.82, 2.24) is 0 Å². The minimum atomic E-state index is -0.170. The highest BCUT2D eigenvalue weighted by Crippen LogP contribution is 2.26. The Balaban J connectivity index is 2.06. The molecule has 0 aliphatic heterocycles. The highest BCUT2D eigenvalue weighted by Gasteiger charge is 2.04. The molecule has 88 valence electrons. The fourth-order valence-corrected chi connectivity index (χ4v) is 2.25. The summed E-state index contributed by atoms with van der Waals surface area (Å²) in [5, 5.41) is 2.05. The Hall–Kier alpha value is -1.61. The molecule has 2 nitrogen and oxygen atoms in total. The van der Waals surface area contributed by atoms with Crippen LogP contribution in [0.5, 0.6) is 5.75 Å². The van der Waals surface area contributed by atoms with Crippen LogP contribution in [0.3, 0.4) is 0 Å². The molecule has 0 atom stereocenters. The fraction of sp³-hybridized carbons (Fsp3) is 0.214. The summed E-state index contributed by atoms with van der Waals surface area (Å²) in [4.78, 5) is 12.5. The number of rotatable bonds is 4. The summed E-state index contributed by atoms with van der Waals surface area (Å²) in [5.74, 6) is 0.445. The molecule has 17 heavy (non-hydrogen) atoms. The molecule has 1 aromatic heterocycles. The van der Waals surface area contributed by atoms with Crippen molar-refractivity contribution in [3.8, 4) is 16.2 Å². The van der Waals surface area contributed by atoms with E-state index in [-0.39, 0.29) is 5.97 Å². The third-order valence-corrected chi connectivity index (χ3v) is 3.26. The molecule has 0 amide bonds. The predicted molar refractivity (Wildman–Crippen MR) is 70.3 cm³/mol. The van der Waals surface area contributed by atoms with Gasteiger partial charge in [-0.2, -0.15) is 0 Å². The molecule has 3 heteroatoms. The van der Waals surface area contributed by atoms with Crippen molar-refractivity contribution in [3.05, 3.63) is 41.8 Å². The number of carbonyl (C=O) groups excluding carboxylic acids is 1. The van der Waals surface area contributed by atoms with Gasteiger partial charge in [0.05, 0.1) is 0 Å². The number of ether oxygens (including phenoxy) is 1. The van der Waals surface area contributed by atoms with Gasteiger partial charge in [0, 0.05) is 11.3 Å². The van der Waals surface area contributed by atoms with Crippen LogP contribution in [-0.2, 0) is 4.79 Å². The maximum Gasteiger partial charge on any atom is 0.311 e. The summed E-state index contributed by atoms with van der Waals surface area (Å²) >= 11 is 1.70. The summed E-state index contributed by atoms with van der Waals surface area (Å²) in [5.41, 5.74) is 1.15. The van der Waals surface area contributed by atoms with Crippen LogP contribution in [0, 0.1) is 0 Å². The van der Waals surface area contributed by atoms with Gasteiger partial charge in [0.25, 0.3) is 0 Å². The van der Waals surface area contributed by atoms with Crippen molar-refractivity contribution >= 4 is 17.3 Å². The van der Waals surface area contributed by atoms with Crippen LogP contribution in [0.2, 0.25) is 0 Å². The third kappa shape index (κ3) is 3.17. The summed E-state index contributed by atoms with van der Waals surface area (Å²) in [7, 11) is 0. The van der Waals surface area contributed by atoms with Gasteiger partial charge in [0.15, 0.2) is 0 Å². The number of hydrogen-bond acceptors (Lipinski definition) is 3. The number of thiophene rings is 1. The molecule has 1 heterocycles. The second-order valence-electron chi connectivity index (χ2n) is 3.73. The minimum absolute atomic E-state index is 0.170. The van der Waals surface area contributed by atoms with E-state index in [1.165, 1.54) is 4.88 Å². The van der Waals surface area contributed by atoms with Crippen molar-refractivity contribution in [3.63, 3.8) is 0 Å². The van der Waals surface area contributed by atoms with Gasteiger partial charge >= 0.3 is 5.97 Å². The quantitative estimate of drug-likeness (QED) is 0.599. The van der Waals surface area contributed by atoms with Crippen LogP contribution >= 0.6 is 11.3 Å². The second kappa shape index (κ2) is 5.64. The monoisotopic (exact) mass is 246 g/mol. The second-order valence-corrected chi connectivity index (χ2v) is 4.67. The van der Waals surface area contributed by atoms with Crippen LogP contribution in [0.25, 0.3) is 10.4 Å². The molecule has 1 aromatic carbocycles. The highest BCUT2D eigenvalue weighted by atomic mass is 32.1. The number of carbonyl (C=O) groups is 1. The molecular weight excluding hydrogens is 232 g/mol. The van der Waals surface area contributed by atoms with E-state index in [2.05, 4.69) is 6.07 Å². The normalized spacial score (nSPS) is 10.2. The van der Waals surface area contributed by atoms with E-state index in [0.717, 1.165) is 12.0 Å². The van der Waals surface area contributed by atoms with E-state index in [9.17, 15) is 4.79 Å². The Morgan fingerprint density at radius 2 is 2.00 bits per heavy atom. The predicted octanol–water partition coefficient (Wildman–Crippen LogP) is 4.12. The zero-order valence-corrected chi connectivity index (χ0v) is 10.5.